The normalized spacial score (nSPS) is 10.7. The minimum absolute atomic E-state index is 0.229. The van der Waals surface area contributed by atoms with Gasteiger partial charge in [-0.05, 0) is 36.4 Å². The third kappa shape index (κ3) is 6.88. The van der Waals surface area contributed by atoms with Gasteiger partial charge in [-0.15, -0.1) is 0 Å². The van der Waals surface area contributed by atoms with Crippen LogP contribution in [0.1, 0.15) is 21.0 Å². The highest BCUT2D eigenvalue weighted by Gasteiger charge is 2.17. The first kappa shape index (κ1) is 29.9. The Bertz CT molecular complexity index is 1920. The van der Waals surface area contributed by atoms with E-state index in [2.05, 4.69) is 20.6 Å². The van der Waals surface area contributed by atoms with Crippen molar-refractivity contribution in [2.45, 2.75) is 0 Å². The maximum absolute atomic E-state index is 13.4. The van der Waals surface area contributed by atoms with Gasteiger partial charge in [0.1, 0.15) is 11.4 Å². The topological polar surface area (TPSA) is 110 Å². The Labute approximate surface area is 277 Å². The molecule has 0 radical (unpaired) electrons. The number of hydrogen-bond acceptors (Lipinski definition) is 6. The van der Waals surface area contributed by atoms with E-state index in [9.17, 15) is 9.59 Å². The smallest absolute Gasteiger partial charge is 0.274 e. The monoisotopic (exact) mass is 624 g/mol. The molecule has 7 rings (SSSR count). The fourth-order valence-corrected chi connectivity index (χ4v) is 5.10. The Balaban J connectivity index is 1.11. The molecule has 2 amide bonds. The largest absolute Gasteiger partial charge is 0.321 e. The van der Waals surface area contributed by atoms with E-state index >= 15 is 0 Å². The molecule has 230 valence electrons. The minimum Gasteiger partial charge on any atom is -0.321 e. The third-order valence-corrected chi connectivity index (χ3v) is 7.52. The maximum atomic E-state index is 13.4. The van der Waals surface area contributed by atoms with E-state index in [1.807, 2.05) is 121 Å². The lowest BCUT2D eigenvalue weighted by molar-refractivity contribution is 0.101. The second-order valence-corrected chi connectivity index (χ2v) is 10.9. The summed E-state index contributed by atoms with van der Waals surface area (Å²) in [5, 5.41) is 5.83. The van der Waals surface area contributed by atoms with Crippen molar-refractivity contribution < 1.29 is 9.59 Å². The van der Waals surface area contributed by atoms with Crippen LogP contribution in [0.2, 0.25) is 0 Å². The van der Waals surface area contributed by atoms with Crippen LogP contribution in [0.25, 0.3) is 45.3 Å². The lowest BCUT2D eigenvalue weighted by atomic mass is 10.1. The summed E-state index contributed by atoms with van der Waals surface area (Å²) < 4.78 is 0. The highest BCUT2D eigenvalue weighted by atomic mass is 16.2. The summed E-state index contributed by atoms with van der Waals surface area (Å²) >= 11 is 0. The molecule has 48 heavy (non-hydrogen) atoms. The zero-order chi connectivity index (χ0) is 32.7. The number of hydrogen-bond donors (Lipinski definition) is 2. The highest BCUT2D eigenvalue weighted by molar-refractivity contribution is 6.05. The summed E-state index contributed by atoms with van der Waals surface area (Å²) in [6.45, 7) is 0. The average Bonchev–Trinajstić information content (AvgIpc) is 3.16. The summed E-state index contributed by atoms with van der Waals surface area (Å²) in [4.78, 5) is 45.5. The van der Waals surface area contributed by atoms with Crippen LogP contribution in [0.5, 0.6) is 0 Å². The molecular weight excluding hydrogens is 596 g/mol. The number of carbonyl (C=O) groups is 2. The van der Waals surface area contributed by atoms with Gasteiger partial charge in [-0.25, -0.2) is 19.9 Å². The van der Waals surface area contributed by atoms with E-state index in [0.29, 0.717) is 34.4 Å². The molecule has 8 heteroatoms. The molecule has 0 saturated heterocycles. The van der Waals surface area contributed by atoms with Crippen LogP contribution in [0.4, 0.5) is 11.4 Å². The van der Waals surface area contributed by atoms with E-state index in [0.717, 1.165) is 22.3 Å². The number of rotatable bonds is 8. The Morgan fingerprint density at radius 2 is 0.688 bits per heavy atom. The third-order valence-electron chi connectivity index (χ3n) is 7.52. The van der Waals surface area contributed by atoms with Gasteiger partial charge in [-0.2, -0.15) is 0 Å². The predicted octanol–water partition coefficient (Wildman–Crippen LogP) is 8.44. The molecule has 2 aromatic heterocycles. The van der Waals surface area contributed by atoms with Gasteiger partial charge in [0.25, 0.3) is 11.8 Å². The molecule has 0 unspecified atom stereocenters. The lowest BCUT2D eigenvalue weighted by Crippen LogP contribution is -2.16. The van der Waals surface area contributed by atoms with Crippen LogP contribution in [-0.4, -0.2) is 31.8 Å². The molecule has 2 N–H and O–H groups in total. The van der Waals surface area contributed by atoms with E-state index in [4.69, 9.17) is 9.97 Å². The fourth-order valence-electron chi connectivity index (χ4n) is 5.10. The van der Waals surface area contributed by atoms with Gasteiger partial charge in [0, 0.05) is 33.6 Å². The van der Waals surface area contributed by atoms with E-state index < -0.39 is 0 Å². The van der Waals surface area contributed by atoms with Crippen molar-refractivity contribution in [2.75, 3.05) is 10.6 Å². The standard InChI is InChI=1S/C40H28N6O2/c47-39(35-25-33(27-13-5-1-6-14-27)43-37(45-35)29-17-9-3-10-18-29)41-31-21-23-32(24-22-31)42-40(48)36-26-34(28-15-7-2-8-16-28)44-38(46-36)30-19-11-4-12-20-30/h1-26H,(H,41,47)(H,42,48). The first-order valence-corrected chi connectivity index (χ1v) is 15.3. The number of anilines is 2. The second kappa shape index (κ2) is 13.7. The van der Waals surface area contributed by atoms with Crippen molar-refractivity contribution in [2.24, 2.45) is 0 Å². The summed E-state index contributed by atoms with van der Waals surface area (Å²) in [7, 11) is 0. The van der Waals surface area contributed by atoms with Crippen LogP contribution in [0, 0.1) is 0 Å². The minimum atomic E-state index is -0.383. The molecule has 0 fully saturated rings. The molecule has 0 aliphatic rings. The molecule has 2 heterocycles. The van der Waals surface area contributed by atoms with E-state index in [1.165, 1.54) is 0 Å². The first-order chi connectivity index (χ1) is 23.6. The van der Waals surface area contributed by atoms with Crippen LogP contribution in [-0.2, 0) is 0 Å². The highest BCUT2D eigenvalue weighted by Crippen LogP contribution is 2.25. The molecule has 0 aliphatic carbocycles. The summed E-state index contributed by atoms with van der Waals surface area (Å²) in [5.74, 6) is 0.143. The van der Waals surface area contributed by atoms with Gasteiger partial charge in [-0.1, -0.05) is 121 Å². The van der Waals surface area contributed by atoms with Crippen molar-refractivity contribution in [3.63, 3.8) is 0 Å². The van der Waals surface area contributed by atoms with Crippen LogP contribution >= 0.6 is 0 Å². The Kier molecular flexibility index (Phi) is 8.52. The van der Waals surface area contributed by atoms with Crippen molar-refractivity contribution >= 4 is 23.2 Å². The van der Waals surface area contributed by atoms with Gasteiger partial charge in [0.2, 0.25) is 0 Å². The number of aromatic nitrogens is 4. The van der Waals surface area contributed by atoms with Gasteiger partial charge in [0.05, 0.1) is 11.4 Å². The molecular formula is C40H28N6O2. The molecule has 0 atom stereocenters. The maximum Gasteiger partial charge on any atom is 0.274 e. The lowest BCUT2D eigenvalue weighted by Gasteiger charge is -2.11. The molecule has 0 saturated carbocycles. The van der Waals surface area contributed by atoms with Gasteiger partial charge in [-0.3, -0.25) is 9.59 Å². The molecule has 0 aliphatic heterocycles. The predicted molar refractivity (Wildman–Crippen MR) is 188 cm³/mol. The first-order valence-electron chi connectivity index (χ1n) is 15.3. The second-order valence-electron chi connectivity index (χ2n) is 10.9. The summed E-state index contributed by atoms with van der Waals surface area (Å²) in [6.07, 6.45) is 0. The van der Waals surface area contributed by atoms with E-state index in [1.54, 1.807) is 36.4 Å². The Morgan fingerprint density at radius 3 is 1.02 bits per heavy atom. The van der Waals surface area contributed by atoms with Crippen molar-refractivity contribution in [3.8, 4) is 45.3 Å². The zero-order valence-corrected chi connectivity index (χ0v) is 25.6. The molecule has 0 spiro atoms. The molecule has 7 aromatic rings. The van der Waals surface area contributed by atoms with E-state index in [-0.39, 0.29) is 23.2 Å². The summed E-state index contributed by atoms with van der Waals surface area (Å²) in [6, 6.07) is 48.7. The van der Waals surface area contributed by atoms with Crippen molar-refractivity contribution in [1.29, 1.82) is 0 Å². The zero-order valence-electron chi connectivity index (χ0n) is 25.6. The average molecular weight is 625 g/mol. The van der Waals surface area contributed by atoms with Gasteiger partial charge in [0.15, 0.2) is 11.6 Å². The Morgan fingerprint density at radius 1 is 0.375 bits per heavy atom. The van der Waals surface area contributed by atoms with Crippen LogP contribution in [0.15, 0.2) is 158 Å². The van der Waals surface area contributed by atoms with Crippen LogP contribution in [0.3, 0.4) is 0 Å². The number of nitrogens with one attached hydrogen (secondary N) is 2. The molecule has 5 aromatic carbocycles. The fraction of sp³-hybridized carbons (Fsp3) is 0. The number of carbonyl (C=O) groups excluding carboxylic acids is 2. The Hall–Kier alpha value is -6.80. The van der Waals surface area contributed by atoms with Crippen molar-refractivity contribution in [3.05, 3.63) is 169 Å². The molecule has 8 nitrogen and oxygen atoms in total. The van der Waals surface area contributed by atoms with Crippen LogP contribution < -0.4 is 10.6 Å². The summed E-state index contributed by atoms with van der Waals surface area (Å²) in [5.41, 5.74) is 6.19. The SMILES string of the molecule is O=C(Nc1ccc(NC(=O)c2cc(-c3ccccc3)nc(-c3ccccc3)n2)cc1)c1cc(-c2ccccc2)nc(-c2ccccc2)n1. The van der Waals surface area contributed by atoms with Gasteiger partial charge >= 0.3 is 0 Å². The van der Waals surface area contributed by atoms with Gasteiger partial charge < -0.3 is 10.6 Å². The van der Waals surface area contributed by atoms with Crippen molar-refractivity contribution in [1.82, 2.24) is 19.9 Å². The number of nitrogens with zero attached hydrogens (tertiary/aromatic N) is 4. The number of amides is 2. The number of benzene rings is 5. The molecule has 0 bridgehead atoms. The quantitative estimate of drug-likeness (QED) is 0.176.